The Kier molecular flexibility index (Phi) is 8.01. The number of amides is 2. The Labute approximate surface area is 192 Å². The highest BCUT2D eigenvalue weighted by molar-refractivity contribution is 7.92. The zero-order valence-electron chi connectivity index (χ0n) is 18.4. The summed E-state index contributed by atoms with van der Waals surface area (Å²) >= 11 is 0. The number of carbonyl (C=O) groups is 2. The average molecular weight is 479 g/mol. The molecule has 11 heteroatoms. The first-order valence-corrected chi connectivity index (χ1v) is 12.3. The molecule has 2 amide bonds. The number of rotatable bonds is 8. The minimum atomic E-state index is -3.65. The Morgan fingerprint density at radius 2 is 1.88 bits per heavy atom. The lowest BCUT2D eigenvalue weighted by Gasteiger charge is -2.35. The van der Waals surface area contributed by atoms with Gasteiger partial charge in [-0.2, -0.15) is 0 Å². The van der Waals surface area contributed by atoms with Crippen molar-refractivity contribution < 1.29 is 27.1 Å². The number of anilines is 2. The smallest absolute Gasteiger partial charge is 0.253 e. The first kappa shape index (κ1) is 24.6. The van der Waals surface area contributed by atoms with Crippen molar-refractivity contribution in [1.29, 1.82) is 0 Å². The Bertz CT molecular complexity index is 1120. The van der Waals surface area contributed by atoms with E-state index in [2.05, 4.69) is 20.3 Å². The van der Waals surface area contributed by atoms with Crippen molar-refractivity contribution >= 4 is 33.2 Å². The third-order valence-electron chi connectivity index (χ3n) is 5.06. The number of benzene rings is 2. The molecule has 3 rings (SSSR count). The van der Waals surface area contributed by atoms with Crippen LogP contribution in [0.15, 0.2) is 42.5 Å². The van der Waals surface area contributed by atoms with E-state index in [0.717, 1.165) is 6.26 Å². The molecule has 1 heterocycles. The monoisotopic (exact) mass is 478 g/mol. The molecule has 1 atom stereocenters. The highest BCUT2D eigenvalue weighted by Gasteiger charge is 2.24. The molecule has 1 unspecified atom stereocenters. The first-order chi connectivity index (χ1) is 15.6. The van der Waals surface area contributed by atoms with Crippen LogP contribution in [-0.2, 0) is 19.6 Å². The van der Waals surface area contributed by atoms with Crippen molar-refractivity contribution in [2.45, 2.75) is 13.0 Å². The van der Waals surface area contributed by atoms with Gasteiger partial charge in [0.25, 0.3) is 5.91 Å². The van der Waals surface area contributed by atoms with E-state index in [1.165, 1.54) is 37.3 Å². The summed E-state index contributed by atoms with van der Waals surface area (Å²) in [4.78, 5) is 26.6. The molecule has 2 aromatic rings. The largest absolute Gasteiger partial charge is 0.379 e. The molecule has 1 aliphatic rings. The minimum absolute atomic E-state index is 0.0478. The summed E-state index contributed by atoms with van der Waals surface area (Å²) < 4.78 is 45.1. The number of halogens is 1. The molecule has 1 aliphatic heterocycles. The number of nitrogens with one attached hydrogen (secondary N) is 3. The van der Waals surface area contributed by atoms with Gasteiger partial charge in [-0.15, -0.1) is 0 Å². The van der Waals surface area contributed by atoms with Crippen LogP contribution in [0, 0.1) is 5.82 Å². The van der Waals surface area contributed by atoms with Crippen LogP contribution in [0.2, 0.25) is 0 Å². The lowest BCUT2D eigenvalue weighted by molar-refractivity contribution is -0.114. The third kappa shape index (κ3) is 7.24. The zero-order chi connectivity index (χ0) is 24.0. The number of hydrogen-bond acceptors (Lipinski definition) is 6. The van der Waals surface area contributed by atoms with Crippen molar-refractivity contribution in [3.63, 3.8) is 0 Å². The number of carbonyl (C=O) groups excluding carboxylic acids is 2. The lowest BCUT2D eigenvalue weighted by atomic mass is 10.0. The number of sulfonamides is 1. The van der Waals surface area contributed by atoms with E-state index in [1.807, 2.05) is 0 Å². The maximum atomic E-state index is 13.9. The fraction of sp³-hybridized carbons (Fsp3) is 0.364. The Hall–Kier alpha value is -3.02. The van der Waals surface area contributed by atoms with Crippen LogP contribution in [0.5, 0.6) is 0 Å². The van der Waals surface area contributed by atoms with Gasteiger partial charge in [0, 0.05) is 32.2 Å². The van der Waals surface area contributed by atoms with Gasteiger partial charge in [-0.25, -0.2) is 12.8 Å². The van der Waals surface area contributed by atoms with Gasteiger partial charge < -0.3 is 15.4 Å². The van der Waals surface area contributed by atoms with Gasteiger partial charge in [-0.05, 0) is 35.9 Å². The minimum Gasteiger partial charge on any atom is -0.379 e. The molecule has 2 aromatic carbocycles. The van der Waals surface area contributed by atoms with E-state index in [9.17, 15) is 22.4 Å². The molecule has 0 spiro atoms. The lowest BCUT2D eigenvalue weighted by Crippen LogP contribution is -2.44. The Morgan fingerprint density at radius 3 is 2.52 bits per heavy atom. The summed E-state index contributed by atoms with van der Waals surface area (Å²) in [5.74, 6) is -1.24. The van der Waals surface area contributed by atoms with E-state index >= 15 is 0 Å². The molecule has 0 saturated carbocycles. The quantitative estimate of drug-likeness (QED) is 0.534. The van der Waals surface area contributed by atoms with E-state index < -0.39 is 15.9 Å². The predicted octanol–water partition coefficient (Wildman–Crippen LogP) is 1.96. The maximum Gasteiger partial charge on any atom is 0.253 e. The molecule has 3 N–H and O–H groups in total. The number of hydrogen-bond donors (Lipinski definition) is 3. The second kappa shape index (κ2) is 10.7. The van der Waals surface area contributed by atoms with Crippen LogP contribution < -0.4 is 15.4 Å². The number of nitrogens with zero attached hydrogens (tertiary/aromatic N) is 1. The highest BCUT2D eigenvalue weighted by Crippen LogP contribution is 2.24. The molecular weight excluding hydrogens is 451 g/mol. The molecular formula is C22H27FN4O5S. The van der Waals surface area contributed by atoms with E-state index in [1.54, 1.807) is 12.1 Å². The van der Waals surface area contributed by atoms with Gasteiger partial charge >= 0.3 is 0 Å². The average Bonchev–Trinajstić information content (AvgIpc) is 2.74. The Morgan fingerprint density at radius 1 is 1.15 bits per heavy atom. The summed E-state index contributed by atoms with van der Waals surface area (Å²) in [5.41, 5.74) is 1.18. The zero-order valence-corrected chi connectivity index (χ0v) is 19.2. The fourth-order valence-electron chi connectivity index (χ4n) is 3.65. The van der Waals surface area contributed by atoms with Gasteiger partial charge in [0.1, 0.15) is 5.82 Å². The maximum absolute atomic E-state index is 13.9. The summed E-state index contributed by atoms with van der Waals surface area (Å²) in [6.07, 6.45) is 0.981. The first-order valence-electron chi connectivity index (χ1n) is 10.4. The van der Waals surface area contributed by atoms with E-state index in [4.69, 9.17) is 4.74 Å². The normalized spacial score (nSPS) is 15.5. The van der Waals surface area contributed by atoms with Crippen LogP contribution in [-0.4, -0.2) is 64.2 Å². The summed E-state index contributed by atoms with van der Waals surface area (Å²) in [7, 11) is -3.65. The van der Waals surface area contributed by atoms with Crippen molar-refractivity contribution in [2.24, 2.45) is 0 Å². The molecule has 1 saturated heterocycles. The van der Waals surface area contributed by atoms with Crippen molar-refractivity contribution in [3.8, 4) is 0 Å². The summed E-state index contributed by atoms with van der Waals surface area (Å²) in [6, 6.07) is 10.2. The van der Waals surface area contributed by atoms with Crippen molar-refractivity contribution in [3.05, 3.63) is 59.4 Å². The van der Waals surface area contributed by atoms with Crippen LogP contribution in [0.1, 0.15) is 28.9 Å². The van der Waals surface area contributed by atoms with Gasteiger partial charge in [0.15, 0.2) is 0 Å². The molecule has 0 aliphatic carbocycles. The van der Waals surface area contributed by atoms with Gasteiger partial charge in [-0.3, -0.25) is 19.2 Å². The molecule has 0 aromatic heterocycles. The molecule has 178 valence electrons. The Balaban J connectivity index is 1.86. The number of morpholine rings is 1. The number of ether oxygens (including phenoxy) is 1. The molecule has 0 radical (unpaired) electrons. The molecule has 33 heavy (non-hydrogen) atoms. The van der Waals surface area contributed by atoms with Crippen molar-refractivity contribution in [2.75, 3.05) is 49.1 Å². The fourth-order valence-corrected chi connectivity index (χ4v) is 4.22. The SMILES string of the molecule is CC(=O)Nc1ccc(NS(C)(=O)=O)c(C(=O)NCC(c2cccc(F)c2)N2CCOCC2)c1. The second-order valence-corrected chi connectivity index (χ2v) is 9.49. The molecule has 9 nitrogen and oxygen atoms in total. The third-order valence-corrected chi connectivity index (χ3v) is 5.65. The summed E-state index contributed by atoms with van der Waals surface area (Å²) in [6.45, 7) is 3.78. The van der Waals surface area contributed by atoms with Crippen LogP contribution >= 0.6 is 0 Å². The second-order valence-electron chi connectivity index (χ2n) is 7.74. The molecule has 0 bridgehead atoms. The van der Waals surface area contributed by atoms with Crippen LogP contribution in [0.25, 0.3) is 0 Å². The highest BCUT2D eigenvalue weighted by atomic mass is 32.2. The van der Waals surface area contributed by atoms with Crippen LogP contribution in [0.3, 0.4) is 0 Å². The van der Waals surface area contributed by atoms with Crippen LogP contribution in [0.4, 0.5) is 15.8 Å². The van der Waals surface area contributed by atoms with Crippen molar-refractivity contribution in [1.82, 2.24) is 10.2 Å². The van der Waals surface area contributed by atoms with Gasteiger partial charge in [0.2, 0.25) is 15.9 Å². The summed E-state index contributed by atoms with van der Waals surface area (Å²) in [5, 5.41) is 5.41. The predicted molar refractivity (Wildman–Crippen MR) is 123 cm³/mol. The topological polar surface area (TPSA) is 117 Å². The van der Waals surface area contributed by atoms with Gasteiger partial charge in [-0.1, -0.05) is 12.1 Å². The molecule has 1 fully saturated rings. The van der Waals surface area contributed by atoms with Gasteiger partial charge in [0.05, 0.1) is 36.8 Å². The van der Waals surface area contributed by atoms with E-state index in [0.29, 0.717) is 37.6 Å². The van der Waals surface area contributed by atoms with E-state index in [-0.39, 0.29) is 35.6 Å². The standard InChI is InChI=1S/C22H27FN4O5S/c1-15(28)25-18-6-7-20(26-33(2,30)31)19(13-18)22(29)24-14-21(27-8-10-32-11-9-27)16-4-3-5-17(23)12-16/h3-7,12-13,21,26H,8-11,14H2,1-2H3,(H,24,29)(H,25,28).